The third-order valence-electron chi connectivity index (χ3n) is 2.89. The lowest BCUT2D eigenvalue weighted by molar-refractivity contribution is 0.601. The number of sulfone groups is 1. The third kappa shape index (κ3) is 5.28. The van der Waals surface area contributed by atoms with Crippen molar-refractivity contribution in [3.8, 4) is 0 Å². The molecule has 0 spiro atoms. The first-order chi connectivity index (χ1) is 8.94. The molecule has 0 saturated carbocycles. The van der Waals surface area contributed by atoms with Gasteiger partial charge in [0.2, 0.25) is 0 Å². The van der Waals surface area contributed by atoms with Gasteiger partial charge in [-0.3, -0.25) is 4.99 Å². The molecule has 1 heterocycles. The van der Waals surface area contributed by atoms with E-state index in [1.165, 1.54) is 6.26 Å². The van der Waals surface area contributed by atoms with Crippen molar-refractivity contribution in [1.29, 1.82) is 0 Å². The zero-order chi connectivity index (χ0) is 13.9. The first-order valence-corrected chi connectivity index (χ1v) is 8.29. The zero-order valence-electron chi connectivity index (χ0n) is 11.6. The Morgan fingerprint density at radius 3 is 2.55 bits per heavy atom. The van der Waals surface area contributed by atoms with Crippen molar-refractivity contribution >= 4 is 39.8 Å². The van der Waals surface area contributed by atoms with Crippen molar-refractivity contribution in [1.82, 2.24) is 10.6 Å². The van der Waals surface area contributed by atoms with Crippen LogP contribution >= 0.6 is 24.0 Å². The van der Waals surface area contributed by atoms with Gasteiger partial charge < -0.3 is 10.6 Å². The molecule has 20 heavy (non-hydrogen) atoms. The third-order valence-corrected chi connectivity index (χ3v) is 3.72. The molecule has 0 bridgehead atoms. The fraction of sp³-hybridized carbons (Fsp3) is 0.462. The number of hydrogen-bond donors (Lipinski definition) is 2. The molecule has 1 aromatic carbocycles. The number of benzene rings is 1. The number of nitrogens with zero attached hydrogens (tertiary/aromatic N) is 1. The molecule has 5 nitrogen and oxygen atoms in total. The molecule has 1 aromatic rings. The zero-order valence-corrected chi connectivity index (χ0v) is 14.7. The van der Waals surface area contributed by atoms with Crippen LogP contribution in [-0.4, -0.2) is 33.2 Å². The van der Waals surface area contributed by atoms with E-state index in [4.69, 9.17) is 0 Å². The van der Waals surface area contributed by atoms with E-state index in [2.05, 4.69) is 22.5 Å². The van der Waals surface area contributed by atoms with Crippen LogP contribution in [0.25, 0.3) is 0 Å². The van der Waals surface area contributed by atoms with Crippen LogP contribution in [0, 0.1) is 0 Å². The highest BCUT2D eigenvalue weighted by Crippen LogP contribution is 2.12. The highest BCUT2D eigenvalue weighted by molar-refractivity contribution is 14.0. The van der Waals surface area contributed by atoms with Crippen LogP contribution in [-0.2, 0) is 22.1 Å². The Morgan fingerprint density at radius 1 is 1.35 bits per heavy atom. The van der Waals surface area contributed by atoms with Crippen molar-refractivity contribution in [3.63, 3.8) is 0 Å². The maximum absolute atomic E-state index is 11.4. The molecule has 0 aromatic heterocycles. The lowest BCUT2D eigenvalue weighted by Gasteiger charge is -2.12. The maximum atomic E-state index is 11.4. The van der Waals surface area contributed by atoms with E-state index in [1.807, 2.05) is 24.3 Å². The fourth-order valence-electron chi connectivity index (χ4n) is 1.99. The van der Waals surface area contributed by atoms with Gasteiger partial charge in [-0.2, -0.15) is 0 Å². The fourth-order valence-corrected chi connectivity index (χ4v) is 2.84. The van der Waals surface area contributed by atoms with Crippen LogP contribution in [0.4, 0.5) is 0 Å². The smallest absolute Gasteiger partial charge is 0.191 e. The minimum Gasteiger partial charge on any atom is -0.352 e. The Hall–Kier alpha value is -0.830. The first-order valence-electron chi connectivity index (χ1n) is 6.23. The number of aliphatic imine (C=N–C) groups is 1. The van der Waals surface area contributed by atoms with Gasteiger partial charge in [-0.25, -0.2) is 8.42 Å². The average Bonchev–Trinajstić information content (AvgIpc) is 2.72. The molecule has 0 saturated heterocycles. The van der Waals surface area contributed by atoms with Crippen LogP contribution in [0.15, 0.2) is 29.3 Å². The SMILES string of the molecule is CC1CN=C(NCc2ccccc2CS(C)(=O)=O)N1.I. The molecule has 112 valence electrons. The molecule has 1 unspecified atom stereocenters. The van der Waals surface area contributed by atoms with Crippen LogP contribution in [0.2, 0.25) is 0 Å². The van der Waals surface area contributed by atoms with Gasteiger partial charge in [0.05, 0.1) is 12.3 Å². The standard InChI is InChI=1S/C13H19N3O2S.HI/c1-10-7-14-13(16-10)15-8-11-5-3-4-6-12(11)9-19(2,17)18;/h3-6,10H,7-9H2,1-2H3,(H2,14,15,16);1H. The molecule has 2 rings (SSSR count). The summed E-state index contributed by atoms with van der Waals surface area (Å²) in [6.07, 6.45) is 1.25. The van der Waals surface area contributed by atoms with Crippen molar-refractivity contribution in [2.75, 3.05) is 12.8 Å². The molecule has 1 aliphatic rings. The molecule has 0 radical (unpaired) electrons. The summed E-state index contributed by atoms with van der Waals surface area (Å²) in [6.45, 7) is 3.41. The molecular formula is C13H20IN3O2S. The largest absolute Gasteiger partial charge is 0.352 e. The van der Waals surface area contributed by atoms with E-state index in [9.17, 15) is 8.42 Å². The topological polar surface area (TPSA) is 70.6 Å². The summed E-state index contributed by atoms with van der Waals surface area (Å²) >= 11 is 0. The van der Waals surface area contributed by atoms with Crippen molar-refractivity contribution in [3.05, 3.63) is 35.4 Å². The van der Waals surface area contributed by atoms with Crippen LogP contribution in [0.3, 0.4) is 0 Å². The average molecular weight is 409 g/mol. The lowest BCUT2D eigenvalue weighted by atomic mass is 10.1. The summed E-state index contributed by atoms with van der Waals surface area (Å²) in [5, 5.41) is 6.41. The second kappa shape index (κ2) is 7.26. The van der Waals surface area contributed by atoms with Crippen molar-refractivity contribution in [2.24, 2.45) is 4.99 Å². The van der Waals surface area contributed by atoms with E-state index >= 15 is 0 Å². The van der Waals surface area contributed by atoms with Crippen molar-refractivity contribution in [2.45, 2.75) is 25.3 Å². The Kier molecular flexibility index (Phi) is 6.25. The number of guanidine groups is 1. The number of rotatable bonds is 4. The minimum atomic E-state index is -3.02. The summed E-state index contributed by atoms with van der Waals surface area (Å²) in [7, 11) is -3.02. The number of halogens is 1. The Balaban J connectivity index is 0.00000200. The number of nitrogens with one attached hydrogen (secondary N) is 2. The minimum absolute atomic E-state index is 0. The molecule has 0 amide bonds. The van der Waals surface area contributed by atoms with Gasteiger partial charge in [0.15, 0.2) is 15.8 Å². The molecule has 2 N–H and O–H groups in total. The molecule has 0 aliphatic carbocycles. The van der Waals surface area contributed by atoms with E-state index in [0.717, 1.165) is 23.6 Å². The molecule has 7 heteroatoms. The summed E-state index contributed by atoms with van der Waals surface area (Å²) in [4.78, 5) is 4.31. The monoisotopic (exact) mass is 409 g/mol. The van der Waals surface area contributed by atoms with Gasteiger partial charge in [0, 0.05) is 18.8 Å². The van der Waals surface area contributed by atoms with Crippen molar-refractivity contribution < 1.29 is 8.42 Å². The van der Waals surface area contributed by atoms with Gasteiger partial charge in [-0.15, -0.1) is 24.0 Å². The number of hydrogen-bond acceptors (Lipinski definition) is 5. The molecule has 1 aliphatic heterocycles. The lowest BCUT2D eigenvalue weighted by Crippen LogP contribution is -2.37. The van der Waals surface area contributed by atoms with E-state index in [-0.39, 0.29) is 29.7 Å². The van der Waals surface area contributed by atoms with Gasteiger partial charge in [0.1, 0.15) is 0 Å². The molecular weight excluding hydrogens is 389 g/mol. The Bertz CT molecular complexity index is 587. The quantitative estimate of drug-likeness (QED) is 0.736. The van der Waals surface area contributed by atoms with E-state index < -0.39 is 9.84 Å². The van der Waals surface area contributed by atoms with Crippen LogP contribution < -0.4 is 10.6 Å². The first kappa shape index (κ1) is 17.2. The van der Waals surface area contributed by atoms with Gasteiger partial charge >= 0.3 is 0 Å². The van der Waals surface area contributed by atoms with Gasteiger partial charge in [-0.1, -0.05) is 24.3 Å². The summed E-state index contributed by atoms with van der Waals surface area (Å²) in [6, 6.07) is 7.91. The van der Waals surface area contributed by atoms with Crippen LogP contribution in [0.5, 0.6) is 0 Å². The maximum Gasteiger partial charge on any atom is 0.191 e. The predicted molar refractivity (Wildman–Crippen MR) is 92.1 cm³/mol. The Morgan fingerprint density at radius 2 is 2.00 bits per heavy atom. The predicted octanol–water partition coefficient (Wildman–Crippen LogP) is 1.29. The van der Waals surface area contributed by atoms with Crippen LogP contribution in [0.1, 0.15) is 18.1 Å². The Labute approximate surface area is 137 Å². The van der Waals surface area contributed by atoms with Gasteiger partial charge in [0.25, 0.3) is 0 Å². The molecule has 1 atom stereocenters. The summed E-state index contributed by atoms with van der Waals surface area (Å²) in [5.74, 6) is 0.850. The second-order valence-electron chi connectivity index (χ2n) is 4.93. The summed E-state index contributed by atoms with van der Waals surface area (Å²) in [5.41, 5.74) is 1.82. The van der Waals surface area contributed by atoms with E-state index in [1.54, 1.807) is 0 Å². The molecule has 0 fully saturated rings. The summed E-state index contributed by atoms with van der Waals surface area (Å²) < 4.78 is 22.8. The second-order valence-corrected chi connectivity index (χ2v) is 7.07. The normalized spacial score (nSPS) is 17.9. The highest BCUT2D eigenvalue weighted by Gasteiger charge is 2.13. The highest BCUT2D eigenvalue weighted by atomic mass is 127. The van der Waals surface area contributed by atoms with Gasteiger partial charge in [-0.05, 0) is 18.1 Å². The van der Waals surface area contributed by atoms with E-state index in [0.29, 0.717) is 12.6 Å².